The second-order valence-electron chi connectivity index (χ2n) is 4.43. The van der Waals surface area contributed by atoms with Crippen molar-refractivity contribution in [3.8, 4) is 0 Å². The Morgan fingerprint density at radius 1 is 1.40 bits per heavy atom. The molecule has 0 aromatic carbocycles. The van der Waals surface area contributed by atoms with E-state index in [0.29, 0.717) is 12.3 Å². The molecule has 2 N–H and O–H groups in total. The van der Waals surface area contributed by atoms with Crippen LogP contribution in [-0.2, 0) is 17.9 Å². The van der Waals surface area contributed by atoms with Gasteiger partial charge in [0.1, 0.15) is 18.1 Å². The molecule has 0 aliphatic carbocycles. The molecule has 84 valence electrons. The van der Waals surface area contributed by atoms with Crippen LogP contribution in [0.1, 0.15) is 18.4 Å². The van der Waals surface area contributed by atoms with E-state index in [-0.39, 0.29) is 12.0 Å². The Morgan fingerprint density at radius 2 is 2.13 bits per heavy atom. The van der Waals surface area contributed by atoms with E-state index in [2.05, 4.69) is 12.2 Å². The Hall–Kier alpha value is -0.840. The molecular formula is C11H17NO3. The molecule has 1 fully saturated rings. The third-order valence-corrected chi connectivity index (χ3v) is 2.63. The molecule has 0 atom stereocenters. The van der Waals surface area contributed by atoms with Crippen LogP contribution < -0.4 is 5.32 Å². The minimum Gasteiger partial charge on any atom is -0.462 e. The number of rotatable bonds is 5. The highest BCUT2D eigenvalue weighted by molar-refractivity contribution is 5.06. The number of nitrogens with one attached hydrogen (secondary N) is 1. The van der Waals surface area contributed by atoms with Crippen LogP contribution >= 0.6 is 0 Å². The van der Waals surface area contributed by atoms with Crippen molar-refractivity contribution in [1.82, 2.24) is 5.32 Å². The van der Waals surface area contributed by atoms with Gasteiger partial charge in [0.05, 0.1) is 19.8 Å². The predicted octanol–water partition coefficient (Wildman–Crippen LogP) is 0.898. The van der Waals surface area contributed by atoms with Crippen molar-refractivity contribution >= 4 is 0 Å². The number of ether oxygens (including phenoxy) is 1. The van der Waals surface area contributed by atoms with Crippen molar-refractivity contribution in [3.05, 3.63) is 23.7 Å². The molecule has 0 amide bonds. The number of aliphatic hydroxyl groups excluding tert-OH is 1. The zero-order valence-electron chi connectivity index (χ0n) is 8.95. The molecule has 2 rings (SSSR count). The van der Waals surface area contributed by atoms with Gasteiger partial charge in [-0.3, -0.25) is 0 Å². The van der Waals surface area contributed by atoms with Crippen LogP contribution in [0, 0.1) is 5.41 Å². The molecule has 1 aromatic rings. The second-order valence-corrected chi connectivity index (χ2v) is 4.43. The van der Waals surface area contributed by atoms with Gasteiger partial charge in [-0.25, -0.2) is 0 Å². The lowest BCUT2D eigenvalue weighted by molar-refractivity contribution is -0.0992. The summed E-state index contributed by atoms with van der Waals surface area (Å²) < 4.78 is 10.5. The lowest BCUT2D eigenvalue weighted by Gasteiger charge is -2.38. The smallest absolute Gasteiger partial charge is 0.129 e. The minimum absolute atomic E-state index is 0.0362. The SMILES string of the molecule is CC1(CNCc2ccc(CO)o2)COC1. The molecular weight excluding hydrogens is 194 g/mol. The van der Waals surface area contributed by atoms with E-state index < -0.39 is 0 Å². The number of aliphatic hydroxyl groups is 1. The Balaban J connectivity index is 1.73. The summed E-state index contributed by atoms with van der Waals surface area (Å²) in [4.78, 5) is 0. The highest BCUT2D eigenvalue weighted by Crippen LogP contribution is 2.25. The largest absolute Gasteiger partial charge is 0.462 e. The summed E-state index contributed by atoms with van der Waals surface area (Å²) in [5, 5.41) is 12.1. The minimum atomic E-state index is -0.0362. The molecule has 4 nitrogen and oxygen atoms in total. The molecule has 1 aliphatic heterocycles. The van der Waals surface area contributed by atoms with Gasteiger partial charge in [0.25, 0.3) is 0 Å². The van der Waals surface area contributed by atoms with Crippen LogP contribution in [0.4, 0.5) is 0 Å². The van der Waals surface area contributed by atoms with E-state index in [0.717, 1.165) is 25.5 Å². The summed E-state index contributed by atoms with van der Waals surface area (Å²) in [6.45, 7) is 5.47. The molecule has 1 saturated heterocycles. The van der Waals surface area contributed by atoms with Gasteiger partial charge in [-0.05, 0) is 12.1 Å². The Bertz CT molecular complexity index is 317. The lowest BCUT2D eigenvalue weighted by Crippen LogP contribution is -2.47. The summed E-state index contributed by atoms with van der Waals surface area (Å²) in [6.07, 6.45) is 0. The van der Waals surface area contributed by atoms with Crippen LogP contribution in [0.25, 0.3) is 0 Å². The van der Waals surface area contributed by atoms with Crippen molar-refractivity contribution < 1.29 is 14.3 Å². The topological polar surface area (TPSA) is 54.6 Å². The first kappa shape index (κ1) is 10.7. The van der Waals surface area contributed by atoms with Gasteiger partial charge >= 0.3 is 0 Å². The van der Waals surface area contributed by atoms with E-state index >= 15 is 0 Å². The third-order valence-electron chi connectivity index (χ3n) is 2.63. The fraction of sp³-hybridized carbons (Fsp3) is 0.636. The summed E-state index contributed by atoms with van der Waals surface area (Å²) in [6, 6.07) is 3.68. The quantitative estimate of drug-likeness (QED) is 0.759. The van der Waals surface area contributed by atoms with Crippen LogP contribution in [0.2, 0.25) is 0 Å². The molecule has 1 aliphatic rings. The maximum atomic E-state index is 8.82. The summed E-state index contributed by atoms with van der Waals surface area (Å²) in [7, 11) is 0. The second kappa shape index (κ2) is 4.35. The Morgan fingerprint density at radius 3 is 2.67 bits per heavy atom. The average Bonchev–Trinajstić information content (AvgIpc) is 2.63. The highest BCUT2D eigenvalue weighted by Gasteiger charge is 2.32. The van der Waals surface area contributed by atoms with Gasteiger partial charge in [0, 0.05) is 12.0 Å². The molecule has 0 bridgehead atoms. The first-order valence-electron chi connectivity index (χ1n) is 5.19. The maximum absolute atomic E-state index is 8.82. The van der Waals surface area contributed by atoms with Gasteiger partial charge in [0.2, 0.25) is 0 Å². The Labute approximate surface area is 89.2 Å². The number of hydrogen-bond donors (Lipinski definition) is 2. The molecule has 0 unspecified atom stereocenters. The van der Waals surface area contributed by atoms with E-state index in [1.54, 1.807) is 6.07 Å². The van der Waals surface area contributed by atoms with E-state index in [1.165, 1.54) is 0 Å². The molecule has 0 spiro atoms. The van der Waals surface area contributed by atoms with Crippen molar-refractivity contribution in [2.24, 2.45) is 5.41 Å². The van der Waals surface area contributed by atoms with Crippen molar-refractivity contribution in [3.63, 3.8) is 0 Å². The van der Waals surface area contributed by atoms with Crippen molar-refractivity contribution in [2.45, 2.75) is 20.1 Å². The normalized spacial score (nSPS) is 18.8. The first-order valence-corrected chi connectivity index (χ1v) is 5.19. The van der Waals surface area contributed by atoms with Gasteiger partial charge in [0.15, 0.2) is 0 Å². The van der Waals surface area contributed by atoms with Gasteiger partial charge < -0.3 is 19.6 Å². The lowest BCUT2D eigenvalue weighted by atomic mass is 9.89. The summed E-state index contributed by atoms with van der Waals surface area (Å²) in [5.41, 5.74) is 0.284. The molecule has 0 saturated carbocycles. The van der Waals surface area contributed by atoms with Crippen LogP contribution in [0.3, 0.4) is 0 Å². The van der Waals surface area contributed by atoms with Gasteiger partial charge in [-0.15, -0.1) is 0 Å². The summed E-state index contributed by atoms with van der Waals surface area (Å²) in [5.74, 6) is 1.48. The van der Waals surface area contributed by atoms with E-state index in [4.69, 9.17) is 14.3 Å². The number of hydrogen-bond acceptors (Lipinski definition) is 4. The maximum Gasteiger partial charge on any atom is 0.129 e. The fourth-order valence-corrected chi connectivity index (χ4v) is 1.64. The van der Waals surface area contributed by atoms with Crippen molar-refractivity contribution in [1.29, 1.82) is 0 Å². The molecule has 4 heteroatoms. The predicted molar refractivity (Wildman–Crippen MR) is 55.3 cm³/mol. The van der Waals surface area contributed by atoms with Crippen LogP contribution in [0.5, 0.6) is 0 Å². The number of furan rings is 1. The van der Waals surface area contributed by atoms with Crippen LogP contribution in [-0.4, -0.2) is 24.9 Å². The highest BCUT2D eigenvalue weighted by atomic mass is 16.5. The van der Waals surface area contributed by atoms with E-state index in [1.807, 2.05) is 6.07 Å². The molecule has 15 heavy (non-hydrogen) atoms. The van der Waals surface area contributed by atoms with Gasteiger partial charge in [-0.1, -0.05) is 6.92 Å². The molecule has 2 heterocycles. The standard InChI is InChI=1S/C11H17NO3/c1-11(7-14-8-11)6-12-4-9-2-3-10(5-13)15-9/h2-3,12-13H,4-8H2,1H3. The van der Waals surface area contributed by atoms with Gasteiger partial charge in [-0.2, -0.15) is 0 Å². The summed E-state index contributed by atoms with van der Waals surface area (Å²) >= 11 is 0. The zero-order chi connectivity index (χ0) is 10.7. The van der Waals surface area contributed by atoms with Crippen molar-refractivity contribution in [2.75, 3.05) is 19.8 Å². The van der Waals surface area contributed by atoms with Crippen LogP contribution in [0.15, 0.2) is 16.5 Å². The molecule has 0 radical (unpaired) electrons. The average molecular weight is 211 g/mol. The monoisotopic (exact) mass is 211 g/mol. The molecule has 1 aromatic heterocycles. The van der Waals surface area contributed by atoms with E-state index in [9.17, 15) is 0 Å². The third kappa shape index (κ3) is 2.59. The zero-order valence-corrected chi connectivity index (χ0v) is 8.95. The first-order chi connectivity index (χ1) is 7.22. The fourth-order valence-electron chi connectivity index (χ4n) is 1.64. The Kier molecular flexibility index (Phi) is 3.09.